The lowest BCUT2D eigenvalue weighted by molar-refractivity contribution is -0.119. The van der Waals surface area contributed by atoms with Crippen LogP contribution < -0.4 is 10.6 Å². The summed E-state index contributed by atoms with van der Waals surface area (Å²) < 4.78 is 0. The summed E-state index contributed by atoms with van der Waals surface area (Å²) in [5.74, 6) is -0.216. The SMILES string of the molecule is CNC(=O)N1CCN(C(=O)c2ccccn2)C[C@]2(CNC(=O)C2)C1. The maximum atomic E-state index is 12.8. The number of hydrogen-bond donors (Lipinski definition) is 2. The molecule has 2 saturated heterocycles. The lowest BCUT2D eigenvalue weighted by atomic mass is 9.86. The molecule has 0 unspecified atom stereocenters. The lowest BCUT2D eigenvalue weighted by Crippen LogP contribution is -2.47. The van der Waals surface area contributed by atoms with Crippen molar-refractivity contribution in [2.45, 2.75) is 6.42 Å². The van der Waals surface area contributed by atoms with Gasteiger partial charge in [0.1, 0.15) is 5.69 Å². The Hall–Kier alpha value is -2.64. The van der Waals surface area contributed by atoms with Crippen molar-refractivity contribution >= 4 is 17.8 Å². The number of rotatable bonds is 1. The molecule has 3 rings (SSSR count). The molecule has 8 nitrogen and oxygen atoms in total. The van der Waals surface area contributed by atoms with E-state index in [1.54, 1.807) is 41.2 Å². The highest BCUT2D eigenvalue weighted by Gasteiger charge is 2.44. The van der Waals surface area contributed by atoms with Gasteiger partial charge in [-0.05, 0) is 12.1 Å². The Morgan fingerprint density at radius 3 is 2.62 bits per heavy atom. The molecule has 1 aromatic heterocycles. The topological polar surface area (TPSA) is 94.6 Å². The van der Waals surface area contributed by atoms with Crippen molar-refractivity contribution in [3.8, 4) is 0 Å². The highest BCUT2D eigenvalue weighted by molar-refractivity contribution is 5.92. The summed E-state index contributed by atoms with van der Waals surface area (Å²) in [6, 6.07) is 5.01. The second kappa shape index (κ2) is 6.46. The van der Waals surface area contributed by atoms with Crippen LogP contribution in [-0.4, -0.2) is 72.4 Å². The van der Waals surface area contributed by atoms with Gasteiger partial charge in [-0.15, -0.1) is 0 Å². The summed E-state index contributed by atoms with van der Waals surface area (Å²) in [4.78, 5) is 44.1. The molecule has 0 bridgehead atoms. The van der Waals surface area contributed by atoms with Crippen LogP contribution >= 0.6 is 0 Å². The van der Waals surface area contributed by atoms with Crippen molar-refractivity contribution in [2.24, 2.45) is 5.41 Å². The van der Waals surface area contributed by atoms with Gasteiger partial charge >= 0.3 is 6.03 Å². The van der Waals surface area contributed by atoms with E-state index in [0.29, 0.717) is 44.8 Å². The highest BCUT2D eigenvalue weighted by Crippen LogP contribution is 2.31. The molecule has 24 heavy (non-hydrogen) atoms. The van der Waals surface area contributed by atoms with Gasteiger partial charge in [0.2, 0.25) is 5.91 Å². The van der Waals surface area contributed by atoms with Gasteiger partial charge < -0.3 is 20.4 Å². The minimum absolute atomic E-state index is 0.0426. The second-order valence-electron chi connectivity index (χ2n) is 6.37. The van der Waals surface area contributed by atoms with Gasteiger partial charge in [0.25, 0.3) is 5.91 Å². The Bertz CT molecular complexity index is 650. The summed E-state index contributed by atoms with van der Waals surface area (Å²) in [5.41, 5.74) is -0.0804. The van der Waals surface area contributed by atoms with Gasteiger partial charge in [-0.25, -0.2) is 4.79 Å². The number of pyridine rings is 1. The molecule has 4 amide bonds. The Kier molecular flexibility index (Phi) is 4.37. The third kappa shape index (κ3) is 3.17. The van der Waals surface area contributed by atoms with Crippen LogP contribution in [0.2, 0.25) is 0 Å². The van der Waals surface area contributed by atoms with E-state index in [9.17, 15) is 14.4 Å². The molecular formula is C16H21N5O3. The number of carbonyl (C=O) groups is 3. The van der Waals surface area contributed by atoms with E-state index in [0.717, 1.165) is 0 Å². The zero-order chi connectivity index (χ0) is 17.2. The fourth-order valence-corrected chi connectivity index (χ4v) is 3.39. The van der Waals surface area contributed by atoms with Gasteiger partial charge in [0.15, 0.2) is 0 Å². The first kappa shape index (κ1) is 16.2. The zero-order valence-electron chi connectivity index (χ0n) is 13.6. The minimum Gasteiger partial charge on any atom is -0.355 e. The molecule has 0 saturated carbocycles. The van der Waals surface area contributed by atoms with E-state index < -0.39 is 5.41 Å². The van der Waals surface area contributed by atoms with Gasteiger partial charge in [0, 0.05) is 57.8 Å². The maximum absolute atomic E-state index is 12.8. The van der Waals surface area contributed by atoms with Crippen molar-refractivity contribution < 1.29 is 14.4 Å². The van der Waals surface area contributed by atoms with E-state index in [-0.39, 0.29) is 17.8 Å². The summed E-state index contributed by atoms with van der Waals surface area (Å²) >= 11 is 0. The Morgan fingerprint density at radius 1 is 1.25 bits per heavy atom. The zero-order valence-corrected chi connectivity index (χ0v) is 13.6. The number of carbonyl (C=O) groups excluding carboxylic acids is 3. The molecule has 0 aromatic carbocycles. The van der Waals surface area contributed by atoms with Crippen LogP contribution in [0, 0.1) is 5.41 Å². The fourth-order valence-electron chi connectivity index (χ4n) is 3.39. The van der Waals surface area contributed by atoms with Gasteiger partial charge in [-0.3, -0.25) is 14.6 Å². The monoisotopic (exact) mass is 331 g/mol. The Labute approximate surface area is 140 Å². The maximum Gasteiger partial charge on any atom is 0.317 e. The standard InChI is InChI=1S/C16H21N5O3/c1-17-15(24)21-7-6-20(14(23)12-4-2-3-5-18-12)10-16(11-21)8-13(22)19-9-16/h2-5H,6-11H2,1H3,(H,17,24)(H,19,22)/t16-/m0/s1. The molecule has 8 heteroatoms. The number of aromatic nitrogens is 1. The summed E-state index contributed by atoms with van der Waals surface area (Å²) in [7, 11) is 1.58. The molecule has 2 N–H and O–H groups in total. The highest BCUT2D eigenvalue weighted by atomic mass is 16.2. The van der Waals surface area contributed by atoms with Crippen molar-refractivity contribution in [3.63, 3.8) is 0 Å². The third-order valence-electron chi connectivity index (χ3n) is 4.56. The quantitative estimate of drug-likeness (QED) is 0.738. The first-order valence-electron chi connectivity index (χ1n) is 7.97. The second-order valence-corrected chi connectivity index (χ2v) is 6.37. The molecule has 0 radical (unpaired) electrons. The normalized spacial score (nSPS) is 23.8. The van der Waals surface area contributed by atoms with Crippen LogP contribution in [0.3, 0.4) is 0 Å². The van der Waals surface area contributed by atoms with Crippen LogP contribution in [0.5, 0.6) is 0 Å². The van der Waals surface area contributed by atoms with Crippen molar-refractivity contribution in [1.29, 1.82) is 0 Å². The Balaban J connectivity index is 1.85. The van der Waals surface area contributed by atoms with Crippen LogP contribution in [0.15, 0.2) is 24.4 Å². The third-order valence-corrected chi connectivity index (χ3v) is 4.56. The average Bonchev–Trinajstić information content (AvgIpc) is 2.85. The number of amides is 4. The molecule has 2 aliphatic heterocycles. The fraction of sp³-hybridized carbons (Fsp3) is 0.500. The van der Waals surface area contributed by atoms with Crippen LogP contribution in [0.25, 0.3) is 0 Å². The van der Waals surface area contributed by atoms with Gasteiger partial charge in [0.05, 0.1) is 0 Å². The first-order valence-corrected chi connectivity index (χ1v) is 7.97. The molecule has 1 spiro atoms. The van der Waals surface area contributed by atoms with E-state index in [4.69, 9.17) is 0 Å². The van der Waals surface area contributed by atoms with Crippen molar-refractivity contribution in [2.75, 3.05) is 39.8 Å². The number of nitrogens with zero attached hydrogens (tertiary/aromatic N) is 3. The van der Waals surface area contributed by atoms with E-state index in [1.807, 2.05) is 0 Å². The van der Waals surface area contributed by atoms with Crippen molar-refractivity contribution in [1.82, 2.24) is 25.4 Å². The molecular weight excluding hydrogens is 310 g/mol. The summed E-state index contributed by atoms with van der Waals surface area (Å²) in [6.45, 7) is 2.17. The molecule has 1 aromatic rings. The predicted molar refractivity (Wildman–Crippen MR) is 86.2 cm³/mol. The lowest BCUT2D eigenvalue weighted by Gasteiger charge is -2.32. The molecule has 3 heterocycles. The molecule has 0 aliphatic carbocycles. The van der Waals surface area contributed by atoms with E-state index in [2.05, 4.69) is 15.6 Å². The number of nitrogens with one attached hydrogen (secondary N) is 2. The summed E-state index contributed by atoms with van der Waals surface area (Å²) in [5, 5.41) is 5.46. The van der Waals surface area contributed by atoms with Gasteiger partial charge in [-0.1, -0.05) is 6.07 Å². The number of urea groups is 1. The molecule has 128 valence electrons. The number of hydrogen-bond acceptors (Lipinski definition) is 4. The largest absolute Gasteiger partial charge is 0.355 e. The predicted octanol–water partition coefficient (Wildman–Crippen LogP) is -0.315. The molecule has 2 aliphatic rings. The van der Waals surface area contributed by atoms with Crippen LogP contribution in [-0.2, 0) is 4.79 Å². The van der Waals surface area contributed by atoms with Crippen molar-refractivity contribution in [3.05, 3.63) is 30.1 Å². The van der Waals surface area contributed by atoms with E-state index >= 15 is 0 Å². The van der Waals surface area contributed by atoms with Crippen LogP contribution in [0.4, 0.5) is 4.79 Å². The smallest absolute Gasteiger partial charge is 0.317 e. The first-order chi connectivity index (χ1) is 11.5. The van der Waals surface area contributed by atoms with Gasteiger partial charge in [-0.2, -0.15) is 0 Å². The minimum atomic E-state index is -0.454. The molecule has 2 fully saturated rings. The summed E-state index contributed by atoms with van der Waals surface area (Å²) in [6.07, 6.45) is 1.89. The average molecular weight is 331 g/mol. The Morgan fingerprint density at radius 2 is 2.00 bits per heavy atom. The molecule has 1 atom stereocenters. The van der Waals surface area contributed by atoms with Crippen LogP contribution in [0.1, 0.15) is 16.9 Å². The van der Waals surface area contributed by atoms with E-state index in [1.165, 1.54) is 0 Å².